The Bertz CT molecular complexity index is 1080. The highest BCUT2D eigenvalue weighted by molar-refractivity contribution is 6.12. The van der Waals surface area contributed by atoms with E-state index in [9.17, 15) is 4.79 Å². The Kier molecular flexibility index (Phi) is 3.55. The predicted octanol–water partition coefficient (Wildman–Crippen LogP) is 2.60. The number of hydrogen-bond donors (Lipinski definition) is 0. The second kappa shape index (κ2) is 5.98. The first-order valence-electron chi connectivity index (χ1n) is 8.89. The van der Waals surface area contributed by atoms with Crippen LogP contribution in [0.3, 0.4) is 0 Å². The number of carbonyl (C=O) groups excluding carboxylic acids is 1. The number of benzene rings is 1. The molecule has 8 heteroatoms. The summed E-state index contributed by atoms with van der Waals surface area (Å²) in [5.41, 5.74) is 1.17. The van der Waals surface area contributed by atoms with Gasteiger partial charge in [0, 0.05) is 24.2 Å². The Morgan fingerprint density at radius 3 is 2.32 bits per heavy atom. The van der Waals surface area contributed by atoms with E-state index in [1.165, 1.54) is 0 Å². The third-order valence-corrected chi connectivity index (χ3v) is 5.25. The molecule has 3 heterocycles. The van der Waals surface area contributed by atoms with Gasteiger partial charge in [-0.25, -0.2) is 19.9 Å². The van der Waals surface area contributed by atoms with Crippen LogP contribution in [0.25, 0.3) is 11.6 Å². The molecule has 0 unspecified atom stereocenters. The first-order chi connectivity index (χ1) is 13.7. The van der Waals surface area contributed by atoms with Gasteiger partial charge in [0.15, 0.2) is 23.1 Å². The maximum absolute atomic E-state index is 13.3. The second-order valence-electron chi connectivity index (χ2n) is 6.74. The Labute approximate surface area is 161 Å². The lowest BCUT2D eigenvalue weighted by atomic mass is 10.0. The standard InChI is InChI=1S/C20H17N5O3/c1-27-14-10-12-13(11-15(14)28-2)20(5-6-20)25(19(12)26)16-4-9-23-18(24-16)17-21-7-3-8-22-17/h3-4,7-11H,5-6H2,1-2H3. The average molecular weight is 375 g/mol. The summed E-state index contributed by atoms with van der Waals surface area (Å²) in [5.74, 6) is 2.38. The summed E-state index contributed by atoms with van der Waals surface area (Å²) in [6, 6.07) is 7.12. The minimum absolute atomic E-state index is 0.105. The topological polar surface area (TPSA) is 90.3 Å². The third kappa shape index (κ3) is 2.27. The van der Waals surface area contributed by atoms with Crippen molar-refractivity contribution in [3.8, 4) is 23.1 Å². The zero-order valence-corrected chi connectivity index (χ0v) is 15.4. The van der Waals surface area contributed by atoms with Crippen molar-refractivity contribution in [2.75, 3.05) is 19.1 Å². The van der Waals surface area contributed by atoms with E-state index in [1.807, 2.05) is 6.07 Å². The molecule has 1 spiro atoms. The highest BCUT2D eigenvalue weighted by Crippen LogP contribution is 2.59. The first-order valence-corrected chi connectivity index (χ1v) is 8.89. The van der Waals surface area contributed by atoms with E-state index in [-0.39, 0.29) is 5.91 Å². The Morgan fingerprint density at radius 2 is 1.64 bits per heavy atom. The molecule has 1 aliphatic heterocycles. The summed E-state index contributed by atoms with van der Waals surface area (Å²) in [6.07, 6.45) is 6.62. The van der Waals surface area contributed by atoms with Crippen molar-refractivity contribution in [2.45, 2.75) is 18.4 Å². The van der Waals surface area contributed by atoms with Gasteiger partial charge in [0.25, 0.3) is 5.91 Å². The van der Waals surface area contributed by atoms with Crippen LogP contribution < -0.4 is 14.4 Å². The van der Waals surface area contributed by atoms with E-state index in [4.69, 9.17) is 9.47 Å². The SMILES string of the molecule is COc1cc2c(cc1OC)C1(CC1)N(c1ccnc(-c3ncccn3)n1)C2=O. The molecular formula is C20H17N5O3. The molecule has 2 aromatic heterocycles. The molecule has 1 aromatic carbocycles. The fourth-order valence-corrected chi connectivity index (χ4v) is 3.81. The predicted molar refractivity (Wildman–Crippen MR) is 100 cm³/mol. The molecular weight excluding hydrogens is 358 g/mol. The molecule has 1 aliphatic carbocycles. The molecule has 0 atom stereocenters. The smallest absolute Gasteiger partial charge is 0.260 e. The number of nitrogens with zero attached hydrogens (tertiary/aromatic N) is 5. The Hall–Kier alpha value is -3.55. The summed E-state index contributed by atoms with van der Waals surface area (Å²) in [4.78, 5) is 32.3. The summed E-state index contributed by atoms with van der Waals surface area (Å²) in [5, 5.41) is 0. The minimum Gasteiger partial charge on any atom is -0.493 e. The van der Waals surface area contributed by atoms with Gasteiger partial charge in [-0.2, -0.15) is 0 Å². The molecule has 5 rings (SSSR count). The number of rotatable bonds is 4. The molecule has 0 saturated heterocycles. The molecule has 0 N–H and O–H groups in total. The highest BCUT2D eigenvalue weighted by atomic mass is 16.5. The number of hydrogen-bond acceptors (Lipinski definition) is 7. The van der Waals surface area contributed by atoms with Crippen LogP contribution in [0.1, 0.15) is 28.8 Å². The largest absolute Gasteiger partial charge is 0.493 e. The van der Waals surface area contributed by atoms with Gasteiger partial charge >= 0.3 is 0 Å². The fourth-order valence-electron chi connectivity index (χ4n) is 3.81. The Morgan fingerprint density at radius 1 is 0.964 bits per heavy atom. The Balaban J connectivity index is 1.62. The number of methoxy groups -OCH3 is 2. The lowest BCUT2D eigenvalue weighted by molar-refractivity contribution is 0.0988. The number of amides is 1. The number of anilines is 1. The van der Waals surface area contributed by atoms with Crippen LogP contribution in [0.5, 0.6) is 11.5 Å². The summed E-state index contributed by atoms with van der Waals surface area (Å²) >= 11 is 0. The van der Waals surface area contributed by atoms with Gasteiger partial charge in [0.2, 0.25) is 0 Å². The van der Waals surface area contributed by atoms with Crippen LogP contribution in [-0.4, -0.2) is 40.1 Å². The van der Waals surface area contributed by atoms with Crippen molar-refractivity contribution >= 4 is 11.7 Å². The van der Waals surface area contributed by atoms with Crippen LogP contribution in [0.2, 0.25) is 0 Å². The maximum Gasteiger partial charge on any atom is 0.260 e. The van der Waals surface area contributed by atoms with E-state index in [2.05, 4.69) is 19.9 Å². The van der Waals surface area contributed by atoms with E-state index in [0.29, 0.717) is 34.5 Å². The molecule has 2 aliphatic rings. The first kappa shape index (κ1) is 16.6. The summed E-state index contributed by atoms with van der Waals surface area (Å²) < 4.78 is 10.8. The zero-order valence-electron chi connectivity index (χ0n) is 15.4. The van der Waals surface area contributed by atoms with E-state index in [0.717, 1.165) is 18.4 Å². The summed E-state index contributed by atoms with van der Waals surface area (Å²) in [7, 11) is 3.15. The van der Waals surface area contributed by atoms with Crippen LogP contribution in [0, 0.1) is 0 Å². The van der Waals surface area contributed by atoms with Gasteiger partial charge < -0.3 is 9.47 Å². The molecule has 28 heavy (non-hydrogen) atoms. The van der Waals surface area contributed by atoms with Gasteiger partial charge in [-0.05, 0) is 42.7 Å². The van der Waals surface area contributed by atoms with Gasteiger partial charge in [-0.3, -0.25) is 9.69 Å². The average Bonchev–Trinajstić information content (AvgIpc) is 3.50. The number of ether oxygens (including phenoxy) is 2. The van der Waals surface area contributed by atoms with Gasteiger partial charge in [-0.15, -0.1) is 0 Å². The van der Waals surface area contributed by atoms with Crippen molar-refractivity contribution in [3.63, 3.8) is 0 Å². The third-order valence-electron chi connectivity index (χ3n) is 5.25. The molecule has 1 amide bonds. The van der Waals surface area contributed by atoms with E-state index >= 15 is 0 Å². The second-order valence-corrected chi connectivity index (χ2v) is 6.74. The molecule has 140 valence electrons. The van der Waals surface area contributed by atoms with Crippen molar-refractivity contribution in [2.24, 2.45) is 0 Å². The van der Waals surface area contributed by atoms with E-state index < -0.39 is 5.54 Å². The van der Waals surface area contributed by atoms with Crippen LogP contribution in [0.15, 0.2) is 42.9 Å². The normalized spacial score (nSPS) is 16.2. The number of fused-ring (bicyclic) bond motifs is 2. The van der Waals surface area contributed by atoms with Gasteiger partial charge in [0.1, 0.15) is 5.82 Å². The van der Waals surface area contributed by atoms with Crippen LogP contribution in [0.4, 0.5) is 5.82 Å². The van der Waals surface area contributed by atoms with Gasteiger partial charge in [-0.1, -0.05) is 0 Å². The minimum atomic E-state index is -0.394. The maximum atomic E-state index is 13.3. The molecule has 8 nitrogen and oxygen atoms in total. The fraction of sp³-hybridized carbons (Fsp3) is 0.250. The van der Waals surface area contributed by atoms with Crippen molar-refractivity contribution in [1.82, 2.24) is 19.9 Å². The highest BCUT2D eigenvalue weighted by Gasteiger charge is 2.59. The van der Waals surface area contributed by atoms with Crippen molar-refractivity contribution < 1.29 is 14.3 Å². The monoisotopic (exact) mass is 375 g/mol. The lowest BCUT2D eigenvalue weighted by Gasteiger charge is -2.24. The van der Waals surface area contributed by atoms with Gasteiger partial charge in [0.05, 0.1) is 19.8 Å². The summed E-state index contributed by atoms with van der Waals surface area (Å²) in [6.45, 7) is 0. The molecule has 1 fully saturated rings. The molecule has 0 radical (unpaired) electrons. The molecule has 1 saturated carbocycles. The van der Waals surface area contributed by atoms with Crippen molar-refractivity contribution in [3.05, 3.63) is 54.0 Å². The van der Waals surface area contributed by atoms with Crippen molar-refractivity contribution in [1.29, 1.82) is 0 Å². The van der Waals surface area contributed by atoms with Crippen LogP contribution in [-0.2, 0) is 5.54 Å². The number of carbonyl (C=O) groups is 1. The molecule has 3 aromatic rings. The lowest BCUT2D eigenvalue weighted by Crippen LogP contribution is -2.34. The quantitative estimate of drug-likeness (QED) is 0.692. The molecule has 0 bridgehead atoms. The zero-order chi connectivity index (χ0) is 19.3. The number of aromatic nitrogens is 4. The van der Waals surface area contributed by atoms with E-state index in [1.54, 1.807) is 55.9 Å². The van der Waals surface area contributed by atoms with Crippen LogP contribution >= 0.6 is 0 Å².